The van der Waals surface area contributed by atoms with Crippen LogP contribution in [0, 0.1) is 0 Å². The van der Waals surface area contributed by atoms with Gasteiger partial charge in [0.15, 0.2) is 11.6 Å². The van der Waals surface area contributed by atoms with Crippen LogP contribution >= 0.6 is 0 Å². The van der Waals surface area contributed by atoms with E-state index in [1.54, 1.807) is 0 Å². The molecule has 23 heavy (non-hydrogen) atoms. The first-order valence-corrected chi connectivity index (χ1v) is 7.57. The van der Waals surface area contributed by atoms with Gasteiger partial charge in [0, 0.05) is 17.5 Å². The van der Waals surface area contributed by atoms with Crippen molar-refractivity contribution in [2.24, 2.45) is 0 Å². The number of imidazole rings is 1. The van der Waals surface area contributed by atoms with Crippen molar-refractivity contribution < 1.29 is 22.8 Å². The van der Waals surface area contributed by atoms with Crippen molar-refractivity contribution in [3.05, 3.63) is 23.3 Å². The van der Waals surface area contributed by atoms with Gasteiger partial charge >= 0.3 is 6.18 Å². The maximum Gasteiger partial charge on any atom is 0.424 e. The summed E-state index contributed by atoms with van der Waals surface area (Å²) in [7, 11) is 0. The van der Waals surface area contributed by atoms with E-state index in [0.717, 1.165) is 31.0 Å². The third-order valence-corrected chi connectivity index (χ3v) is 4.74. The molecule has 0 amide bonds. The first-order valence-electron chi connectivity index (χ1n) is 7.57. The maximum atomic E-state index is 13.2. The first-order chi connectivity index (χ1) is 10.7. The van der Waals surface area contributed by atoms with Crippen LogP contribution in [0.5, 0.6) is 0 Å². The molecule has 1 aliphatic carbocycles. The molecule has 4 rings (SSSR count). The molecule has 0 saturated heterocycles. The van der Waals surface area contributed by atoms with Gasteiger partial charge in [0.2, 0.25) is 5.60 Å². The Bertz CT molecular complexity index is 772. The highest BCUT2D eigenvalue weighted by molar-refractivity contribution is 5.61. The van der Waals surface area contributed by atoms with Crippen molar-refractivity contribution in [1.29, 1.82) is 0 Å². The fourth-order valence-corrected chi connectivity index (χ4v) is 3.25. The molecule has 5 nitrogen and oxygen atoms in total. The van der Waals surface area contributed by atoms with Crippen LogP contribution in [0.4, 0.5) is 13.2 Å². The molecule has 1 aliphatic heterocycles. The second-order valence-electron chi connectivity index (χ2n) is 6.61. The molecule has 0 aromatic carbocycles. The van der Waals surface area contributed by atoms with Gasteiger partial charge in [0.05, 0.1) is 11.9 Å². The van der Waals surface area contributed by atoms with Gasteiger partial charge in [-0.1, -0.05) is 5.16 Å². The molecule has 3 heterocycles. The van der Waals surface area contributed by atoms with Crippen LogP contribution in [-0.4, -0.2) is 26.0 Å². The van der Waals surface area contributed by atoms with Crippen molar-refractivity contribution in [2.45, 2.75) is 56.8 Å². The highest BCUT2D eigenvalue weighted by Crippen LogP contribution is 2.48. The lowest BCUT2D eigenvalue weighted by atomic mass is 9.96. The van der Waals surface area contributed by atoms with Gasteiger partial charge in [-0.25, -0.2) is 4.98 Å². The number of fused-ring (bicyclic) bond motifs is 3. The van der Waals surface area contributed by atoms with Crippen molar-refractivity contribution in [1.82, 2.24) is 14.7 Å². The number of hydrogen-bond acceptors (Lipinski definition) is 4. The monoisotopic (exact) mass is 327 g/mol. The lowest BCUT2D eigenvalue weighted by Crippen LogP contribution is -2.42. The molecule has 2 unspecified atom stereocenters. The number of alkyl halides is 3. The Balaban J connectivity index is 1.86. The minimum Gasteiger partial charge on any atom is -0.374 e. The van der Waals surface area contributed by atoms with E-state index in [4.69, 9.17) is 4.52 Å². The molecule has 0 spiro atoms. The molecular weight excluding hydrogens is 311 g/mol. The summed E-state index contributed by atoms with van der Waals surface area (Å²) < 4.78 is 46.3. The van der Waals surface area contributed by atoms with Crippen molar-refractivity contribution in [2.75, 3.05) is 0 Å². The second-order valence-corrected chi connectivity index (χ2v) is 6.61. The lowest BCUT2D eigenvalue weighted by molar-refractivity contribution is -0.262. The van der Waals surface area contributed by atoms with E-state index in [1.165, 1.54) is 10.8 Å². The molecular formula is C15H16F3N3O2. The zero-order valence-electron chi connectivity index (χ0n) is 12.7. The Labute approximate surface area is 130 Å². The SMILES string of the molecule is CC1Cc2c(C3CC3)noc2-c2cnc(C(C)(O)C(F)(F)F)n21. The smallest absolute Gasteiger partial charge is 0.374 e. The molecule has 124 valence electrons. The van der Waals surface area contributed by atoms with Crippen LogP contribution in [0.1, 0.15) is 55.7 Å². The number of rotatable bonds is 2. The normalized spacial score (nSPS) is 23.3. The molecule has 0 bridgehead atoms. The van der Waals surface area contributed by atoms with Crippen LogP contribution < -0.4 is 0 Å². The number of aromatic nitrogens is 3. The number of halogens is 3. The highest BCUT2D eigenvalue weighted by atomic mass is 19.4. The standard InChI is InChI=1S/C15H16F3N3O2/c1-7-5-9-11(8-3-4-8)20-23-12(9)10-6-19-13(21(7)10)14(2,22)15(16,17)18/h6-8,22H,3-5H2,1-2H3. The summed E-state index contributed by atoms with van der Waals surface area (Å²) in [5.74, 6) is 0.464. The van der Waals surface area contributed by atoms with Crippen LogP contribution in [0.25, 0.3) is 11.5 Å². The number of nitrogens with zero attached hydrogens (tertiary/aromatic N) is 3. The Kier molecular flexibility index (Phi) is 2.80. The van der Waals surface area contributed by atoms with Gasteiger partial charge < -0.3 is 14.2 Å². The van der Waals surface area contributed by atoms with Gasteiger partial charge in [0.25, 0.3) is 0 Å². The summed E-state index contributed by atoms with van der Waals surface area (Å²) in [6.45, 7) is 2.54. The number of hydrogen-bond donors (Lipinski definition) is 1. The van der Waals surface area contributed by atoms with Crippen molar-refractivity contribution >= 4 is 0 Å². The summed E-state index contributed by atoms with van der Waals surface area (Å²) in [6, 6.07) is -0.263. The fraction of sp³-hybridized carbons (Fsp3) is 0.600. The van der Waals surface area contributed by atoms with Gasteiger partial charge in [-0.2, -0.15) is 13.2 Å². The third kappa shape index (κ3) is 1.97. The maximum absolute atomic E-state index is 13.2. The quantitative estimate of drug-likeness (QED) is 0.919. The van der Waals surface area contributed by atoms with E-state index < -0.39 is 17.6 Å². The summed E-state index contributed by atoms with van der Waals surface area (Å²) in [5.41, 5.74) is -0.692. The van der Waals surface area contributed by atoms with E-state index >= 15 is 0 Å². The van der Waals surface area contributed by atoms with Crippen LogP contribution in [0.15, 0.2) is 10.7 Å². The molecule has 2 aromatic rings. The van der Waals surface area contributed by atoms with Gasteiger partial charge in [0.1, 0.15) is 5.69 Å². The zero-order valence-corrected chi connectivity index (χ0v) is 12.7. The summed E-state index contributed by atoms with van der Waals surface area (Å²) in [5, 5.41) is 14.1. The molecule has 2 aromatic heterocycles. The summed E-state index contributed by atoms with van der Waals surface area (Å²) in [4.78, 5) is 3.86. The molecule has 1 N–H and O–H groups in total. The Hall–Kier alpha value is -1.83. The Morgan fingerprint density at radius 2 is 2.04 bits per heavy atom. The zero-order chi connectivity index (χ0) is 16.6. The van der Waals surface area contributed by atoms with Gasteiger partial charge in [-0.15, -0.1) is 0 Å². The van der Waals surface area contributed by atoms with E-state index in [2.05, 4.69) is 10.1 Å². The van der Waals surface area contributed by atoms with E-state index in [0.29, 0.717) is 23.8 Å². The van der Waals surface area contributed by atoms with Crippen molar-refractivity contribution in [3.8, 4) is 11.5 Å². The third-order valence-electron chi connectivity index (χ3n) is 4.74. The summed E-state index contributed by atoms with van der Waals surface area (Å²) >= 11 is 0. The van der Waals surface area contributed by atoms with E-state index in [9.17, 15) is 18.3 Å². The Morgan fingerprint density at radius 3 is 2.65 bits per heavy atom. The molecule has 2 aliphatic rings. The Morgan fingerprint density at radius 1 is 1.35 bits per heavy atom. The predicted molar refractivity (Wildman–Crippen MR) is 73.7 cm³/mol. The van der Waals surface area contributed by atoms with Crippen LogP contribution in [-0.2, 0) is 12.0 Å². The van der Waals surface area contributed by atoms with Gasteiger partial charge in [-0.05, 0) is 33.1 Å². The first kappa shape index (κ1) is 14.7. The summed E-state index contributed by atoms with van der Waals surface area (Å²) in [6.07, 6.45) is -0.822. The largest absolute Gasteiger partial charge is 0.424 e. The topological polar surface area (TPSA) is 64.1 Å². The average Bonchev–Trinajstić information content (AvgIpc) is 3.03. The molecule has 2 atom stereocenters. The van der Waals surface area contributed by atoms with Crippen molar-refractivity contribution in [3.63, 3.8) is 0 Å². The van der Waals surface area contributed by atoms with E-state index in [1.807, 2.05) is 6.92 Å². The highest BCUT2D eigenvalue weighted by Gasteiger charge is 2.55. The fourth-order valence-electron chi connectivity index (χ4n) is 3.25. The molecule has 1 saturated carbocycles. The average molecular weight is 327 g/mol. The minimum atomic E-state index is -4.81. The minimum absolute atomic E-state index is 0.263. The molecule has 1 fully saturated rings. The second kappa shape index (κ2) is 4.37. The lowest BCUT2D eigenvalue weighted by Gasteiger charge is -2.30. The van der Waals surface area contributed by atoms with Gasteiger partial charge in [-0.3, -0.25) is 0 Å². The number of aliphatic hydroxyl groups is 1. The molecule has 0 radical (unpaired) electrons. The van der Waals surface area contributed by atoms with Crippen LogP contribution in [0.2, 0.25) is 0 Å². The van der Waals surface area contributed by atoms with Crippen LogP contribution in [0.3, 0.4) is 0 Å². The predicted octanol–water partition coefficient (Wildman–Crippen LogP) is 3.30. The van der Waals surface area contributed by atoms with E-state index in [-0.39, 0.29) is 6.04 Å². The molecule has 8 heteroatoms.